The highest BCUT2D eigenvalue weighted by Gasteiger charge is 2.09. The van der Waals surface area contributed by atoms with Crippen molar-refractivity contribution in [1.29, 1.82) is 0 Å². The van der Waals surface area contributed by atoms with Gasteiger partial charge in [-0.3, -0.25) is 0 Å². The molecule has 20 heavy (non-hydrogen) atoms. The molecule has 0 atom stereocenters. The van der Waals surface area contributed by atoms with Crippen molar-refractivity contribution in [2.45, 2.75) is 13.0 Å². The van der Waals surface area contributed by atoms with Crippen LogP contribution < -0.4 is 0 Å². The Morgan fingerprint density at radius 1 is 1.25 bits per heavy atom. The Labute approximate surface area is 118 Å². The van der Waals surface area contributed by atoms with Gasteiger partial charge in [-0.05, 0) is 37.7 Å². The van der Waals surface area contributed by atoms with Gasteiger partial charge in [-0.15, -0.1) is 5.10 Å². The SMILES string of the molecule is CN(C)CCc1c[nH]c2cccc(Cn3ccnn3)c12. The van der Waals surface area contributed by atoms with Gasteiger partial charge in [-0.2, -0.15) is 0 Å². The number of nitrogens with zero attached hydrogens (tertiary/aromatic N) is 4. The largest absolute Gasteiger partial charge is 0.361 e. The van der Waals surface area contributed by atoms with Gasteiger partial charge in [0.15, 0.2) is 0 Å². The van der Waals surface area contributed by atoms with E-state index in [0.717, 1.165) is 19.5 Å². The zero-order valence-electron chi connectivity index (χ0n) is 11.9. The lowest BCUT2D eigenvalue weighted by Crippen LogP contribution is -2.15. The summed E-state index contributed by atoms with van der Waals surface area (Å²) < 4.78 is 1.86. The number of hydrogen-bond acceptors (Lipinski definition) is 3. The highest BCUT2D eigenvalue weighted by molar-refractivity contribution is 5.86. The van der Waals surface area contributed by atoms with E-state index in [2.05, 4.69) is 58.7 Å². The van der Waals surface area contributed by atoms with E-state index in [9.17, 15) is 0 Å². The maximum atomic E-state index is 4.05. The van der Waals surface area contributed by atoms with Crippen molar-refractivity contribution in [1.82, 2.24) is 24.9 Å². The van der Waals surface area contributed by atoms with Crippen LogP contribution >= 0.6 is 0 Å². The van der Waals surface area contributed by atoms with Gasteiger partial charge in [-0.1, -0.05) is 17.3 Å². The first kappa shape index (κ1) is 12.9. The van der Waals surface area contributed by atoms with Gasteiger partial charge in [0.25, 0.3) is 0 Å². The summed E-state index contributed by atoms with van der Waals surface area (Å²) in [7, 11) is 4.20. The number of H-pyrrole nitrogens is 1. The van der Waals surface area contributed by atoms with E-state index >= 15 is 0 Å². The van der Waals surface area contributed by atoms with Crippen LogP contribution in [0.2, 0.25) is 0 Å². The summed E-state index contributed by atoms with van der Waals surface area (Å²) in [5.41, 5.74) is 3.84. The van der Waals surface area contributed by atoms with Crippen LogP contribution in [0.1, 0.15) is 11.1 Å². The molecule has 5 heteroatoms. The van der Waals surface area contributed by atoms with Crippen molar-refractivity contribution in [3.63, 3.8) is 0 Å². The van der Waals surface area contributed by atoms with Crippen LogP contribution in [0.3, 0.4) is 0 Å². The smallest absolute Gasteiger partial charge is 0.0693 e. The molecule has 0 saturated carbocycles. The number of hydrogen-bond donors (Lipinski definition) is 1. The number of aromatic amines is 1. The molecule has 0 bridgehead atoms. The van der Waals surface area contributed by atoms with Gasteiger partial charge in [0.2, 0.25) is 0 Å². The summed E-state index contributed by atoms with van der Waals surface area (Å²) in [6.07, 6.45) is 6.77. The minimum absolute atomic E-state index is 0.754. The predicted octanol–water partition coefficient (Wildman–Crippen LogP) is 1.91. The van der Waals surface area contributed by atoms with Crippen LogP contribution in [0, 0.1) is 0 Å². The Morgan fingerprint density at radius 2 is 2.15 bits per heavy atom. The topological polar surface area (TPSA) is 49.7 Å². The average molecular weight is 269 g/mol. The molecule has 0 aliphatic heterocycles. The van der Waals surface area contributed by atoms with Crippen LogP contribution in [-0.2, 0) is 13.0 Å². The van der Waals surface area contributed by atoms with E-state index in [-0.39, 0.29) is 0 Å². The highest BCUT2D eigenvalue weighted by atomic mass is 15.4. The second-order valence-corrected chi connectivity index (χ2v) is 5.31. The number of aromatic nitrogens is 4. The normalized spacial score (nSPS) is 11.6. The third-order valence-corrected chi connectivity index (χ3v) is 3.51. The molecule has 0 unspecified atom stereocenters. The van der Waals surface area contributed by atoms with E-state index < -0.39 is 0 Å². The second-order valence-electron chi connectivity index (χ2n) is 5.31. The molecule has 0 aliphatic rings. The quantitative estimate of drug-likeness (QED) is 0.770. The molecular formula is C15H19N5. The Morgan fingerprint density at radius 3 is 2.90 bits per heavy atom. The zero-order valence-corrected chi connectivity index (χ0v) is 11.9. The van der Waals surface area contributed by atoms with Crippen LogP contribution in [0.25, 0.3) is 10.9 Å². The molecule has 3 rings (SSSR count). The summed E-state index contributed by atoms with van der Waals surface area (Å²) >= 11 is 0. The van der Waals surface area contributed by atoms with Gasteiger partial charge in [0.05, 0.1) is 12.7 Å². The molecule has 1 aromatic carbocycles. The van der Waals surface area contributed by atoms with Crippen molar-refractivity contribution in [2.75, 3.05) is 20.6 Å². The van der Waals surface area contributed by atoms with Crippen molar-refractivity contribution in [2.24, 2.45) is 0 Å². The Hall–Kier alpha value is -2.14. The fourth-order valence-electron chi connectivity index (χ4n) is 2.50. The van der Waals surface area contributed by atoms with E-state index in [1.165, 1.54) is 22.0 Å². The highest BCUT2D eigenvalue weighted by Crippen LogP contribution is 2.23. The molecular weight excluding hydrogens is 250 g/mol. The summed E-state index contributed by atoms with van der Waals surface area (Å²) in [6.45, 7) is 1.80. The lowest BCUT2D eigenvalue weighted by molar-refractivity contribution is 0.414. The molecule has 0 fully saturated rings. The minimum atomic E-state index is 0.754. The van der Waals surface area contributed by atoms with Gasteiger partial charge in [0.1, 0.15) is 0 Å². The fourth-order valence-corrected chi connectivity index (χ4v) is 2.50. The Bertz CT molecular complexity index is 681. The molecule has 0 saturated heterocycles. The van der Waals surface area contributed by atoms with Gasteiger partial charge in [0, 0.05) is 29.8 Å². The molecule has 0 radical (unpaired) electrons. The number of rotatable bonds is 5. The molecule has 3 aromatic rings. The Kier molecular flexibility index (Phi) is 3.52. The summed E-state index contributed by atoms with van der Waals surface area (Å²) in [4.78, 5) is 5.58. The Balaban J connectivity index is 1.96. The van der Waals surface area contributed by atoms with E-state index in [0.29, 0.717) is 0 Å². The first-order valence-corrected chi connectivity index (χ1v) is 6.81. The van der Waals surface area contributed by atoms with Crippen molar-refractivity contribution in [3.8, 4) is 0 Å². The maximum absolute atomic E-state index is 4.05. The molecule has 2 heterocycles. The average Bonchev–Trinajstić information content (AvgIpc) is 3.06. The van der Waals surface area contributed by atoms with Crippen molar-refractivity contribution >= 4 is 10.9 Å². The first-order valence-electron chi connectivity index (χ1n) is 6.81. The van der Waals surface area contributed by atoms with Crippen LogP contribution in [0.15, 0.2) is 36.8 Å². The first-order chi connectivity index (χ1) is 9.74. The molecule has 104 valence electrons. The van der Waals surface area contributed by atoms with Crippen molar-refractivity contribution < 1.29 is 0 Å². The molecule has 5 nitrogen and oxygen atoms in total. The molecule has 0 spiro atoms. The maximum Gasteiger partial charge on any atom is 0.0693 e. The zero-order chi connectivity index (χ0) is 13.9. The summed E-state index contributed by atoms with van der Waals surface area (Å²) in [5.74, 6) is 0. The van der Waals surface area contributed by atoms with Gasteiger partial charge in [-0.25, -0.2) is 4.68 Å². The summed E-state index contributed by atoms with van der Waals surface area (Å²) in [6, 6.07) is 6.37. The number of benzene rings is 1. The van der Waals surface area contributed by atoms with Gasteiger partial charge < -0.3 is 9.88 Å². The monoisotopic (exact) mass is 269 g/mol. The van der Waals surface area contributed by atoms with E-state index in [4.69, 9.17) is 0 Å². The fraction of sp³-hybridized carbons (Fsp3) is 0.333. The number of nitrogens with one attached hydrogen (secondary N) is 1. The number of likely N-dealkylation sites (N-methyl/N-ethyl adjacent to an activating group) is 1. The van der Waals surface area contributed by atoms with Gasteiger partial charge >= 0.3 is 0 Å². The third-order valence-electron chi connectivity index (χ3n) is 3.51. The third kappa shape index (κ3) is 2.58. The van der Waals surface area contributed by atoms with Crippen molar-refractivity contribution in [3.05, 3.63) is 47.9 Å². The lowest BCUT2D eigenvalue weighted by Gasteiger charge is -2.10. The number of fused-ring (bicyclic) bond motifs is 1. The van der Waals surface area contributed by atoms with Crippen LogP contribution in [-0.4, -0.2) is 45.5 Å². The molecule has 1 N–H and O–H groups in total. The second kappa shape index (κ2) is 5.46. The predicted molar refractivity (Wildman–Crippen MR) is 79.7 cm³/mol. The minimum Gasteiger partial charge on any atom is -0.361 e. The van der Waals surface area contributed by atoms with E-state index in [1.807, 2.05) is 10.9 Å². The molecule has 2 aromatic heterocycles. The van der Waals surface area contributed by atoms with Crippen LogP contribution in [0.4, 0.5) is 0 Å². The molecule has 0 aliphatic carbocycles. The standard InChI is InChI=1S/C15H19N5/c1-19(2)8-6-12-10-16-14-5-3-4-13(15(12)14)11-20-9-7-17-18-20/h3-5,7,9-10,16H,6,8,11H2,1-2H3. The molecule has 0 amide bonds. The summed E-state index contributed by atoms with van der Waals surface area (Å²) in [5, 5.41) is 9.25. The lowest BCUT2D eigenvalue weighted by atomic mass is 10.0. The van der Waals surface area contributed by atoms with Crippen LogP contribution in [0.5, 0.6) is 0 Å². The van der Waals surface area contributed by atoms with E-state index in [1.54, 1.807) is 6.20 Å².